The van der Waals surface area contributed by atoms with Crippen molar-refractivity contribution in [1.82, 2.24) is 10.2 Å². The summed E-state index contributed by atoms with van der Waals surface area (Å²) in [5, 5.41) is 3.59. The molecule has 4 rings (SSSR count). The smallest absolute Gasteiger partial charge is 0.335 e. The van der Waals surface area contributed by atoms with Crippen molar-refractivity contribution in [1.29, 1.82) is 0 Å². The van der Waals surface area contributed by atoms with Crippen molar-refractivity contribution in [2.75, 3.05) is 0 Å². The van der Waals surface area contributed by atoms with Crippen LogP contribution in [0.25, 0.3) is 0 Å². The van der Waals surface area contributed by atoms with E-state index in [2.05, 4.69) is 5.32 Å². The molecule has 2 unspecified atom stereocenters. The highest BCUT2D eigenvalue weighted by atomic mass is 35.5. The van der Waals surface area contributed by atoms with Gasteiger partial charge in [0, 0.05) is 31.1 Å². The molecule has 3 nitrogen and oxygen atoms in total. The Morgan fingerprint density at radius 2 is 1.66 bits per heavy atom. The monoisotopic (exact) mass is 430 g/mol. The van der Waals surface area contributed by atoms with E-state index >= 15 is 0 Å². The number of fused-ring (bicyclic) bond motifs is 2. The highest BCUT2D eigenvalue weighted by molar-refractivity contribution is 5.85. The molecule has 1 N–H and O–H groups in total. The highest BCUT2D eigenvalue weighted by Crippen LogP contribution is 2.36. The van der Waals surface area contributed by atoms with Crippen LogP contribution in [0.3, 0.4) is 0 Å². The number of rotatable bonds is 5. The number of hydrogen-bond donors (Lipinski definition) is 1. The number of halogens is 4. The van der Waals surface area contributed by atoms with Crippen LogP contribution in [0.2, 0.25) is 0 Å². The molecule has 1 aromatic carbocycles. The Morgan fingerprint density at radius 3 is 2.28 bits per heavy atom. The molecule has 0 radical (unpaired) electrons. The third-order valence-corrected chi connectivity index (χ3v) is 6.78. The van der Waals surface area contributed by atoms with Gasteiger partial charge in [-0.1, -0.05) is 31.0 Å². The van der Waals surface area contributed by atoms with Crippen LogP contribution >= 0.6 is 12.4 Å². The number of benzene rings is 1. The molecule has 3 fully saturated rings. The first-order valence-electron chi connectivity index (χ1n) is 10.6. The third-order valence-electron chi connectivity index (χ3n) is 6.78. The van der Waals surface area contributed by atoms with Crippen molar-refractivity contribution in [2.45, 2.75) is 88.6 Å². The second kappa shape index (κ2) is 9.25. The molecule has 1 aromatic rings. The predicted octanol–water partition coefficient (Wildman–Crippen LogP) is 5.32. The van der Waals surface area contributed by atoms with Crippen LogP contribution < -0.4 is 5.32 Å². The van der Waals surface area contributed by atoms with Gasteiger partial charge < -0.3 is 10.2 Å². The molecule has 0 spiro atoms. The van der Waals surface area contributed by atoms with Crippen LogP contribution in [0.4, 0.5) is 13.2 Å². The van der Waals surface area contributed by atoms with Gasteiger partial charge in [0.1, 0.15) is 0 Å². The maximum atomic E-state index is 13.4. The summed E-state index contributed by atoms with van der Waals surface area (Å²) < 4.78 is 40.3. The number of nitrogens with zero attached hydrogens (tertiary/aromatic N) is 1. The molecule has 7 heteroatoms. The van der Waals surface area contributed by atoms with E-state index < -0.39 is 11.7 Å². The van der Waals surface area contributed by atoms with Crippen molar-refractivity contribution in [2.24, 2.45) is 5.92 Å². The lowest BCUT2D eigenvalue weighted by Crippen LogP contribution is -2.43. The summed E-state index contributed by atoms with van der Waals surface area (Å²) in [5.74, 6) is 0.392. The molecule has 2 heterocycles. The number of alkyl halides is 3. The Bertz CT molecular complexity index is 694. The van der Waals surface area contributed by atoms with Crippen molar-refractivity contribution < 1.29 is 18.0 Å². The van der Waals surface area contributed by atoms with Gasteiger partial charge in [0.05, 0.1) is 5.56 Å². The molecule has 1 amide bonds. The number of carbonyl (C=O) groups excluding carboxylic acids is 1. The van der Waals surface area contributed by atoms with Crippen LogP contribution in [-0.4, -0.2) is 28.9 Å². The number of nitrogens with one attached hydrogen (secondary N) is 1. The fraction of sp³-hybridized carbons (Fsp3) is 0.682. The molecular weight excluding hydrogens is 401 g/mol. The molecule has 29 heavy (non-hydrogen) atoms. The molecular formula is C22H30ClF3N2O. The van der Waals surface area contributed by atoms with Crippen LogP contribution in [0.1, 0.15) is 68.9 Å². The topological polar surface area (TPSA) is 32.3 Å². The van der Waals surface area contributed by atoms with Crippen LogP contribution in [0.15, 0.2) is 24.3 Å². The van der Waals surface area contributed by atoms with Crippen LogP contribution in [0, 0.1) is 5.92 Å². The van der Waals surface area contributed by atoms with E-state index in [0.717, 1.165) is 44.6 Å². The van der Waals surface area contributed by atoms with Crippen LogP contribution in [0.5, 0.6) is 0 Å². The van der Waals surface area contributed by atoms with Gasteiger partial charge >= 0.3 is 6.18 Å². The van der Waals surface area contributed by atoms with E-state index in [1.807, 2.05) is 0 Å². The van der Waals surface area contributed by atoms with E-state index in [0.29, 0.717) is 24.4 Å². The van der Waals surface area contributed by atoms with Gasteiger partial charge in [0.2, 0.25) is 5.91 Å². The lowest BCUT2D eigenvalue weighted by molar-refractivity contribution is -0.141. The molecule has 1 saturated carbocycles. The Hall–Kier alpha value is -1.27. The van der Waals surface area contributed by atoms with Gasteiger partial charge in [-0.25, -0.2) is 0 Å². The van der Waals surface area contributed by atoms with Crippen molar-refractivity contribution >= 4 is 18.3 Å². The average molecular weight is 431 g/mol. The Labute approximate surface area is 176 Å². The molecule has 2 aliphatic heterocycles. The summed E-state index contributed by atoms with van der Waals surface area (Å²) >= 11 is 0. The molecule has 2 bridgehead atoms. The summed E-state index contributed by atoms with van der Waals surface area (Å²) in [7, 11) is 0. The zero-order valence-corrected chi connectivity index (χ0v) is 17.4. The molecule has 1 aliphatic carbocycles. The van der Waals surface area contributed by atoms with Gasteiger partial charge in [0.25, 0.3) is 0 Å². The number of carbonyl (C=O) groups is 1. The van der Waals surface area contributed by atoms with Gasteiger partial charge in [-0.05, 0) is 56.1 Å². The van der Waals surface area contributed by atoms with E-state index in [1.165, 1.54) is 25.0 Å². The van der Waals surface area contributed by atoms with Gasteiger partial charge in [0.15, 0.2) is 0 Å². The SMILES string of the molecule is Cl.O=C(CC1CC2CCC(C1)N2)N(Cc1ccccc1C(F)(F)F)C1CCCC1. The number of hydrogen-bond acceptors (Lipinski definition) is 2. The average Bonchev–Trinajstić information content (AvgIpc) is 3.29. The van der Waals surface area contributed by atoms with E-state index in [1.54, 1.807) is 11.0 Å². The Kier molecular flexibility index (Phi) is 7.15. The minimum atomic E-state index is -4.39. The minimum Gasteiger partial charge on any atom is -0.335 e. The lowest BCUT2D eigenvalue weighted by Gasteiger charge is -2.34. The first kappa shape index (κ1) is 22.4. The van der Waals surface area contributed by atoms with Crippen molar-refractivity contribution in [3.63, 3.8) is 0 Å². The zero-order valence-electron chi connectivity index (χ0n) is 16.6. The first-order valence-corrected chi connectivity index (χ1v) is 10.6. The molecule has 0 aromatic heterocycles. The van der Waals surface area contributed by atoms with Crippen molar-refractivity contribution in [3.05, 3.63) is 35.4 Å². The maximum absolute atomic E-state index is 13.4. The maximum Gasteiger partial charge on any atom is 0.416 e. The normalized spacial score (nSPS) is 26.9. The highest BCUT2D eigenvalue weighted by Gasteiger charge is 2.37. The molecule has 2 saturated heterocycles. The number of piperidine rings is 1. The Balaban J connectivity index is 0.00000240. The van der Waals surface area contributed by atoms with Gasteiger partial charge in [-0.15, -0.1) is 12.4 Å². The zero-order chi connectivity index (χ0) is 19.7. The summed E-state index contributed by atoms with van der Waals surface area (Å²) in [6, 6.07) is 6.79. The largest absolute Gasteiger partial charge is 0.416 e. The fourth-order valence-electron chi connectivity index (χ4n) is 5.46. The summed E-state index contributed by atoms with van der Waals surface area (Å²) in [5.41, 5.74) is -0.411. The quantitative estimate of drug-likeness (QED) is 0.685. The Morgan fingerprint density at radius 1 is 1.03 bits per heavy atom. The van der Waals surface area contributed by atoms with Crippen molar-refractivity contribution in [3.8, 4) is 0 Å². The standard InChI is InChI=1S/C22H29F3N2O.ClH/c23-22(24,25)20-8-4-1-5-16(20)14-27(19-6-2-3-7-19)21(28)13-15-11-17-9-10-18(12-15)26-17;/h1,4-5,8,15,17-19,26H,2-3,6-7,9-14H2;1H. The summed E-state index contributed by atoms with van der Waals surface area (Å²) in [6.45, 7) is 0.0665. The fourth-order valence-corrected chi connectivity index (χ4v) is 5.46. The van der Waals surface area contributed by atoms with E-state index in [9.17, 15) is 18.0 Å². The summed E-state index contributed by atoms with van der Waals surface area (Å²) in [4.78, 5) is 15.0. The third kappa shape index (κ3) is 5.26. The predicted molar refractivity (Wildman–Crippen MR) is 109 cm³/mol. The molecule has 162 valence electrons. The van der Waals surface area contributed by atoms with E-state index in [4.69, 9.17) is 0 Å². The molecule has 3 aliphatic rings. The van der Waals surface area contributed by atoms with Crippen LogP contribution in [-0.2, 0) is 17.5 Å². The number of amides is 1. The minimum absolute atomic E-state index is 0. The lowest BCUT2D eigenvalue weighted by atomic mass is 9.89. The first-order chi connectivity index (χ1) is 13.4. The second-order valence-corrected chi connectivity index (χ2v) is 8.79. The molecule has 2 atom stereocenters. The second-order valence-electron chi connectivity index (χ2n) is 8.79. The summed E-state index contributed by atoms with van der Waals surface area (Å²) in [6.07, 6.45) is 4.37. The van der Waals surface area contributed by atoms with Gasteiger partial charge in [-0.3, -0.25) is 4.79 Å². The van der Waals surface area contributed by atoms with Gasteiger partial charge in [-0.2, -0.15) is 13.2 Å². The van der Waals surface area contributed by atoms with E-state index in [-0.39, 0.29) is 36.5 Å².